The van der Waals surface area contributed by atoms with Crippen LogP contribution in [0.2, 0.25) is 0 Å². The van der Waals surface area contributed by atoms with E-state index in [-0.39, 0.29) is 6.61 Å². The first-order chi connectivity index (χ1) is 11.8. The van der Waals surface area contributed by atoms with E-state index in [4.69, 9.17) is 4.42 Å². The van der Waals surface area contributed by atoms with Gasteiger partial charge in [0.25, 0.3) is 0 Å². The maximum atomic E-state index is 10.0. The van der Waals surface area contributed by atoms with Crippen LogP contribution in [0.5, 0.6) is 0 Å². The predicted octanol–water partition coefficient (Wildman–Crippen LogP) is 3.27. The van der Waals surface area contributed by atoms with Gasteiger partial charge >= 0.3 is 0 Å². The summed E-state index contributed by atoms with van der Waals surface area (Å²) in [6, 6.07) is 18.2. The zero-order valence-electron chi connectivity index (χ0n) is 13.4. The molecule has 0 radical (unpaired) electrons. The minimum Gasteiger partial charge on any atom is -0.439 e. The standard InChI is InChI=1S/C20H20N2O2/c23-14-20(11-10-15-6-4-5-9-17(15)20)22-13-19-21-12-18(24-19)16-7-2-1-3-8-16/h1-9,12,22-23H,10-11,13-14H2. The second kappa shape index (κ2) is 6.23. The third kappa shape index (κ3) is 2.64. The highest BCUT2D eigenvalue weighted by Crippen LogP contribution is 2.36. The summed E-state index contributed by atoms with van der Waals surface area (Å²) in [5.74, 6) is 1.39. The number of hydrogen-bond donors (Lipinski definition) is 2. The normalized spacial score (nSPS) is 19.4. The van der Waals surface area contributed by atoms with E-state index < -0.39 is 5.54 Å². The number of nitrogens with one attached hydrogen (secondary N) is 1. The Hall–Kier alpha value is -2.43. The Labute approximate surface area is 141 Å². The Balaban J connectivity index is 1.52. The fourth-order valence-corrected chi connectivity index (χ4v) is 3.46. The van der Waals surface area contributed by atoms with Crippen molar-refractivity contribution in [1.82, 2.24) is 10.3 Å². The number of aryl methyl sites for hydroxylation is 1. The van der Waals surface area contributed by atoms with E-state index in [0.717, 1.165) is 24.2 Å². The fraction of sp³-hybridized carbons (Fsp3) is 0.250. The van der Waals surface area contributed by atoms with Crippen LogP contribution in [-0.4, -0.2) is 16.7 Å². The number of aliphatic hydroxyl groups is 1. The van der Waals surface area contributed by atoms with Crippen molar-refractivity contribution in [2.75, 3.05) is 6.61 Å². The molecule has 122 valence electrons. The fourth-order valence-electron chi connectivity index (χ4n) is 3.46. The second-order valence-electron chi connectivity index (χ2n) is 6.24. The smallest absolute Gasteiger partial charge is 0.208 e. The molecule has 0 aliphatic heterocycles. The lowest BCUT2D eigenvalue weighted by Crippen LogP contribution is -2.43. The molecule has 1 unspecified atom stereocenters. The molecule has 0 fully saturated rings. The monoisotopic (exact) mass is 320 g/mol. The molecule has 3 aromatic rings. The number of nitrogens with zero attached hydrogens (tertiary/aromatic N) is 1. The van der Waals surface area contributed by atoms with Crippen LogP contribution in [0.25, 0.3) is 11.3 Å². The summed E-state index contributed by atoms with van der Waals surface area (Å²) >= 11 is 0. The Kier molecular flexibility index (Phi) is 3.92. The number of oxazole rings is 1. The van der Waals surface area contributed by atoms with E-state index in [1.54, 1.807) is 6.20 Å². The van der Waals surface area contributed by atoms with Crippen LogP contribution in [-0.2, 0) is 18.5 Å². The summed E-state index contributed by atoms with van der Waals surface area (Å²) in [6.07, 6.45) is 3.61. The van der Waals surface area contributed by atoms with Gasteiger partial charge in [-0.1, -0.05) is 54.6 Å². The maximum Gasteiger partial charge on any atom is 0.208 e. The Morgan fingerprint density at radius 2 is 1.88 bits per heavy atom. The molecular weight excluding hydrogens is 300 g/mol. The van der Waals surface area contributed by atoms with E-state index >= 15 is 0 Å². The highest BCUT2D eigenvalue weighted by atomic mass is 16.4. The third-order valence-electron chi connectivity index (χ3n) is 4.81. The second-order valence-corrected chi connectivity index (χ2v) is 6.24. The van der Waals surface area contributed by atoms with Crippen molar-refractivity contribution in [3.8, 4) is 11.3 Å². The minimum absolute atomic E-state index is 0.0657. The molecular formula is C20H20N2O2. The van der Waals surface area contributed by atoms with Gasteiger partial charge in [-0.05, 0) is 24.0 Å². The molecule has 1 aliphatic carbocycles. The molecule has 0 spiro atoms. The van der Waals surface area contributed by atoms with Crippen molar-refractivity contribution in [2.45, 2.75) is 24.9 Å². The van der Waals surface area contributed by atoms with Gasteiger partial charge in [-0.2, -0.15) is 0 Å². The SMILES string of the molecule is OCC1(NCc2ncc(-c3ccccc3)o2)CCc2ccccc21. The Morgan fingerprint density at radius 3 is 2.71 bits per heavy atom. The van der Waals surface area contributed by atoms with E-state index in [0.29, 0.717) is 12.4 Å². The molecule has 1 aromatic heterocycles. The van der Waals surface area contributed by atoms with Gasteiger partial charge in [0.2, 0.25) is 5.89 Å². The van der Waals surface area contributed by atoms with Gasteiger partial charge in [0.1, 0.15) is 0 Å². The van der Waals surface area contributed by atoms with Crippen molar-refractivity contribution < 1.29 is 9.52 Å². The molecule has 0 saturated carbocycles. The number of hydrogen-bond acceptors (Lipinski definition) is 4. The molecule has 0 saturated heterocycles. The maximum absolute atomic E-state index is 10.0. The molecule has 0 amide bonds. The van der Waals surface area contributed by atoms with Crippen LogP contribution < -0.4 is 5.32 Å². The number of fused-ring (bicyclic) bond motifs is 1. The van der Waals surface area contributed by atoms with Gasteiger partial charge < -0.3 is 9.52 Å². The summed E-state index contributed by atoms with van der Waals surface area (Å²) in [5.41, 5.74) is 3.09. The largest absolute Gasteiger partial charge is 0.439 e. The average molecular weight is 320 g/mol. The molecule has 2 aromatic carbocycles. The molecule has 4 rings (SSSR count). The lowest BCUT2D eigenvalue weighted by molar-refractivity contribution is 0.155. The summed E-state index contributed by atoms with van der Waals surface area (Å²) in [4.78, 5) is 4.36. The van der Waals surface area contributed by atoms with Crippen LogP contribution in [0, 0.1) is 0 Å². The predicted molar refractivity (Wildman–Crippen MR) is 92.3 cm³/mol. The van der Waals surface area contributed by atoms with Crippen LogP contribution in [0.3, 0.4) is 0 Å². The van der Waals surface area contributed by atoms with Crippen molar-refractivity contribution in [3.05, 3.63) is 77.8 Å². The topological polar surface area (TPSA) is 58.3 Å². The first kappa shape index (κ1) is 15.1. The molecule has 2 N–H and O–H groups in total. The van der Waals surface area contributed by atoms with E-state index in [9.17, 15) is 5.11 Å². The van der Waals surface area contributed by atoms with Crippen LogP contribution >= 0.6 is 0 Å². The van der Waals surface area contributed by atoms with E-state index in [1.807, 2.05) is 42.5 Å². The molecule has 0 bridgehead atoms. The van der Waals surface area contributed by atoms with E-state index in [1.165, 1.54) is 11.1 Å². The Bertz CT molecular complexity index is 828. The number of aromatic nitrogens is 1. The van der Waals surface area contributed by atoms with Crippen LogP contribution in [0.15, 0.2) is 65.2 Å². The molecule has 4 heteroatoms. The van der Waals surface area contributed by atoms with Crippen LogP contribution in [0.4, 0.5) is 0 Å². The first-order valence-electron chi connectivity index (χ1n) is 8.25. The number of rotatable bonds is 5. The van der Waals surface area contributed by atoms with Gasteiger partial charge in [-0.3, -0.25) is 5.32 Å². The average Bonchev–Trinajstić information content (AvgIpc) is 3.26. The summed E-state index contributed by atoms with van der Waals surface area (Å²) in [5, 5.41) is 13.5. The summed E-state index contributed by atoms with van der Waals surface area (Å²) < 4.78 is 5.85. The van der Waals surface area contributed by atoms with E-state index in [2.05, 4.69) is 22.4 Å². The molecule has 4 nitrogen and oxygen atoms in total. The number of benzene rings is 2. The van der Waals surface area contributed by atoms with Gasteiger partial charge in [0.15, 0.2) is 5.76 Å². The molecule has 1 aliphatic rings. The summed E-state index contributed by atoms with van der Waals surface area (Å²) in [7, 11) is 0. The highest BCUT2D eigenvalue weighted by molar-refractivity contribution is 5.55. The van der Waals surface area contributed by atoms with Gasteiger partial charge in [0, 0.05) is 5.56 Å². The quantitative estimate of drug-likeness (QED) is 0.757. The molecule has 1 atom stereocenters. The zero-order chi connectivity index (χ0) is 16.4. The van der Waals surface area contributed by atoms with Crippen molar-refractivity contribution in [1.29, 1.82) is 0 Å². The zero-order valence-corrected chi connectivity index (χ0v) is 13.4. The van der Waals surface area contributed by atoms with Gasteiger partial charge in [-0.15, -0.1) is 0 Å². The summed E-state index contributed by atoms with van der Waals surface area (Å²) in [6.45, 7) is 0.554. The number of aliphatic hydroxyl groups excluding tert-OH is 1. The van der Waals surface area contributed by atoms with Crippen molar-refractivity contribution in [2.24, 2.45) is 0 Å². The highest BCUT2D eigenvalue weighted by Gasteiger charge is 2.37. The van der Waals surface area contributed by atoms with Crippen molar-refractivity contribution in [3.63, 3.8) is 0 Å². The first-order valence-corrected chi connectivity index (χ1v) is 8.25. The lowest BCUT2D eigenvalue weighted by atomic mass is 9.92. The Morgan fingerprint density at radius 1 is 1.08 bits per heavy atom. The van der Waals surface area contributed by atoms with Crippen molar-refractivity contribution >= 4 is 0 Å². The third-order valence-corrected chi connectivity index (χ3v) is 4.81. The molecule has 1 heterocycles. The van der Waals surface area contributed by atoms with Gasteiger partial charge in [0.05, 0.1) is 24.9 Å². The molecule has 24 heavy (non-hydrogen) atoms. The minimum atomic E-state index is -0.405. The lowest BCUT2D eigenvalue weighted by Gasteiger charge is -2.29. The van der Waals surface area contributed by atoms with Crippen LogP contribution in [0.1, 0.15) is 23.4 Å². The van der Waals surface area contributed by atoms with Gasteiger partial charge in [-0.25, -0.2) is 4.98 Å².